The van der Waals surface area contributed by atoms with E-state index in [0.29, 0.717) is 12.5 Å². The van der Waals surface area contributed by atoms with E-state index in [0.717, 1.165) is 0 Å². The summed E-state index contributed by atoms with van der Waals surface area (Å²) in [7, 11) is 1.79. The molecule has 0 aliphatic carbocycles. The molecule has 0 aliphatic rings. The van der Waals surface area contributed by atoms with E-state index in [1.54, 1.807) is 11.9 Å². The summed E-state index contributed by atoms with van der Waals surface area (Å²) >= 11 is 0. The highest BCUT2D eigenvalue weighted by Gasteiger charge is 2.13. The maximum absolute atomic E-state index is 11.2. The van der Waals surface area contributed by atoms with Crippen molar-refractivity contribution in [3.05, 3.63) is 0 Å². The summed E-state index contributed by atoms with van der Waals surface area (Å²) in [5.74, 6) is 0.126. The molecule has 0 saturated carbocycles. The van der Waals surface area contributed by atoms with Crippen LogP contribution >= 0.6 is 0 Å². The van der Waals surface area contributed by atoms with Crippen molar-refractivity contribution in [2.45, 2.75) is 26.8 Å². The molecule has 14 heavy (non-hydrogen) atoms. The molecule has 0 aromatic rings. The van der Waals surface area contributed by atoms with Crippen molar-refractivity contribution in [3.8, 4) is 0 Å². The largest absolute Gasteiger partial charge is 0.464 e. The fourth-order valence-electron chi connectivity index (χ4n) is 0.804. The first-order valence-electron chi connectivity index (χ1n) is 4.94. The second-order valence-electron chi connectivity index (χ2n) is 4.02. The Morgan fingerprint density at radius 3 is 2.43 bits per heavy atom. The zero-order valence-corrected chi connectivity index (χ0v) is 9.49. The molecule has 0 amide bonds. The van der Waals surface area contributed by atoms with E-state index in [2.05, 4.69) is 0 Å². The topological polar surface area (TPSA) is 49.8 Å². The van der Waals surface area contributed by atoms with Gasteiger partial charge in [-0.1, -0.05) is 13.8 Å². The third kappa shape index (κ3) is 5.94. The highest BCUT2D eigenvalue weighted by molar-refractivity contribution is 5.71. The van der Waals surface area contributed by atoms with Crippen molar-refractivity contribution in [1.29, 1.82) is 0 Å². The van der Waals surface area contributed by atoms with E-state index >= 15 is 0 Å². The van der Waals surface area contributed by atoms with Gasteiger partial charge in [-0.25, -0.2) is 0 Å². The summed E-state index contributed by atoms with van der Waals surface area (Å²) < 4.78 is 5.01. The molecule has 0 aromatic carbocycles. The number of nitrogens with zero attached hydrogens (tertiary/aromatic N) is 1. The summed E-state index contributed by atoms with van der Waals surface area (Å²) in [4.78, 5) is 13.0. The Morgan fingerprint density at radius 1 is 1.43 bits per heavy atom. The molecule has 0 radical (unpaired) electrons. The van der Waals surface area contributed by atoms with E-state index < -0.39 is 0 Å². The average molecular weight is 203 g/mol. The van der Waals surface area contributed by atoms with Crippen LogP contribution < -0.4 is 0 Å². The third-order valence-electron chi connectivity index (χ3n) is 1.97. The summed E-state index contributed by atoms with van der Waals surface area (Å²) in [5, 5.41) is 8.84. The minimum Gasteiger partial charge on any atom is -0.464 e. The molecule has 1 unspecified atom stereocenters. The number of likely N-dealkylation sites (N-methyl/N-ethyl adjacent to an activating group) is 1. The number of esters is 1. The SMILES string of the molecule is CC(C)COC(=O)CN(C)C(C)CO. The molecule has 0 aliphatic heterocycles. The number of carbonyl (C=O) groups excluding carboxylic acids is 1. The Balaban J connectivity index is 3.71. The van der Waals surface area contributed by atoms with Crippen LogP contribution in [-0.4, -0.2) is 48.8 Å². The average Bonchev–Trinajstić information content (AvgIpc) is 2.13. The number of carbonyl (C=O) groups is 1. The number of hydrogen-bond acceptors (Lipinski definition) is 4. The molecule has 4 nitrogen and oxygen atoms in total. The van der Waals surface area contributed by atoms with Crippen molar-refractivity contribution in [3.63, 3.8) is 0 Å². The van der Waals surface area contributed by atoms with E-state index in [9.17, 15) is 4.79 Å². The van der Waals surface area contributed by atoms with Gasteiger partial charge in [0.05, 0.1) is 19.8 Å². The fourth-order valence-corrected chi connectivity index (χ4v) is 0.804. The summed E-state index contributed by atoms with van der Waals surface area (Å²) in [6.45, 7) is 6.58. The number of rotatable bonds is 6. The molecule has 0 aromatic heterocycles. The van der Waals surface area contributed by atoms with Crippen LogP contribution in [0, 0.1) is 5.92 Å². The third-order valence-corrected chi connectivity index (χ3v) is 1.97. The smallest absolute Gasteiger partial charge is 0.320 e. The summed E-state index contributed by atoms with van der Waals surface area (Å²) in [6.07, 6.45) is 0. The number of ether oxygens (including phenoxy) is 1. The van der Waals surface area contributed by atoms with Crippen LogP contribution in [0.15, 0.2) is 0 Å². The highest BCUT2D eigenvalue weighted by Crippen LogP contribution is 1.97. The molecule has 1 atom stereocenters. The maximum atomic E-state index is 11.2. The number of aliphatic hydroxyl groups excluding tert-OH is 1. The van der Waals surface area contributed by atoms with Gasteiger partial charge in [0.25, 0.3) is 0 Å². The standard InChI is InChI=1S/C10H21NO3/c1-8(2)7-14-10(13)5-11(4)9(3)6-12/h8-9,12H,5-7H2,1-4H3. The Kier molecular flexibility index (Phi) is 6.49. The van der Waals surface area contributed by atoms with Gasteiger partial charge < -0.3 is 9.84 Å². The first-order valence-corrected chi connectivity index (χ1v) is 4.94. The van der Waals surface area contributed by atoms with E-state index in [1.165, 1.54) is 0 Å². The molecule has 0 fully saturated rings. The lowest BCUT2D eigenvalue weighted by molar-refractivity contribution is -0.146. The lowest BCUT2D eigenvalue weighted by Crippen LogP contribution is -2.37. The van der Waals surface area contributed by atoms with Gasteiger partial charge in [0.1, 0.15) is 0 Å². The lowest BCUT2D eigenvalue weighted by atomic mass is 10.2. The second kappa shape index (κ2) is 6.79. The van der Waals surface area contributed by atoms with Crippen LogP contribution in [0.5, 0.6) is 0 Å². The van der Waals surface area contributed by atoms with E-state index in [-0.39, 0.29) is 25.2 Å². The molecule has 1 N–H and O–H groups in total. The first-order chi connectivity index (χ1) is 6.47. The Morgan fingerprint density at radius 2 is 2.00 bits per heavy atom. The Labute approximate surface area is 85.9 Å². The predicted molar refractivity (Wildman–Crippen MR) is 55.0 cm³/mol. The molecule has 0 rings (SSSR count). The van der Waals surface area contributed by atoms with Crippen LogP contribution in [0.25, 0.3) is 0 Å². The highest BCUT2D eigenvalue weighted by atomic mass is 16.5. The molecule has 0 heterocycles. The van der Waals surface area contributed by atoms with Crippen LogP contribution in [0.2, 0.25) is 0 Å². The molecular formula is C10H21NO3. The van der Waals surface area contributed by atoms with Crippen LogP contribution in [0.1, 0.15) is 20.8 Å². The number of hydrogen-bond donors (Lipinski definition) is 1. The molecule has 4 heteroatoms. The zero-order chi connectivity index (χ0) is 11.1. The van der Waals surface area contributed by atoms with E-state index in [1.807, 2.05) is 20.8 Å². The first kappa shape index (κ1) is 13.4. The predicted octanol–water partition coefficient (Wildman–Crippen LogP) is 0.498. The second-order valence-corrected chi connectivity index (χ2v) is 4.02. The van der Waals surface area contributed by atoms with E-state index in [4.69, 9.17) is 9.84 Å². The molecule has 0 saturated heterocycles. The van der Waals surface area contributed by atoms with Gasteiger partial charge in [-0.15, -0.1) is 0 Å². The quantitative estimate of drug-likeness (QED) is 0.639. The van der Waals surface area contributed by atoms with Gasteiger partial charge in [0.2, 0.25) is 0 Å². The summed E-state index contributed by atoms with van der Waals surface area (Å²) in [6, 6.07) is -0.0124. The molecular weight excluding hydrogens is 182 g/mol. The van der Waals surface area contributed by atoms with Gasteiger partial charge in [-0.3, -0.25) is 9.69 Å². The van der Waals surface area contributed by atoms with Gasteiger partial charge >= 0.3 is 5.97 Å². The fraction of sp³-hybridized carbons (Fsp3) is 0.900. The molecule has 0 spiro atoms. The van der Waals surface area contributed by atoms with Crippen molar-refractivity contribution in [1.82, 2.24) is 4.90 Å². The maximum Gasteiger partial charge on any atom is 0.320 e. The normalized spacial score (nSPS) is 13.4. The Bertz CT molecular complexity index is 171. The summed E-state index contributed by atoms with van der Waals surface area (Å²) in [5.41, 5.74) is 0. The minimum atomic E-state index is -0.235. The van der Waals surface area contributed by atoms with Gasteiger partial charge in [-0.2, -0.15) is 0 Å². The van der Waals surface area contributed by atoms with Gasteiger partial charge in [-0.05, 0) is 19.9 Å². The minimum absolute atomic E-state index is 0.0124. The van der Waals surface area contributed by atoms with Gasteiger partial charge in [0, 0.05) is 6.04 Å². The zero-order valence-electron chi connectivity index (χ0n) is 9.49. The van der Waals surface area contributed by atoms with Crippen LogP contribution in [0.3, 0.4) is 0 Å². The van der Waals surface area contributed by atoms with Gasteiger partial charge in [0.15, 0.2) is 0 Å². The van der Waals surface area contributed by atoms with Crippen LogP contribution in [-0.2, 0) is 9.53 Å². The van der Waals surface area contributed by atoms with Crippen molar-refractivity contribution < 1.29 is 14.6 Å². The van der Waals surface area contributed by atoms with Crippen molar-refractivity contribution in [2.24, 2.45) is 5.92 Å². The molecule has 0 bridgehead atoms. The van der Waals surface area contributed by atoms with Crippen LogP contribution in [0.4, 0.5) is 0 Å². The Hall–Kier alpha value is -0.610. The number of aliphatic hydroxyl groups is 1. The monoisotopic (exact) mass is 203 g/mol. The van der Waals surface area contributed by atoms with Crippen molar-refractivity contribution >= 4 is 5.97 Å². The molecule has 84 valence electrons. The van der Waals surface area contributed by atoms with Crippen molar-refractivity contribution in [2.75, 3.05) is 26.8 Å². The lowest BCUT2D eigenvalue weighted by Gasteiger charge is -2.21.